The summed E-state index contributed by atoms with van der Waals surface area (Å²) in [5.74, 6) is -3.35. The molecular formula is C15H11Cl2F3N2O3S. The molecule has 0 spiro atoms. The molecule has 2 atom stereocenters. The van der Waals surface area contributed by atoms with Crippen LogP contribution in [0, 0.1) is 5.92 Å². The van der Waals surface area contributed by atoms with Crippen LogP contribution >= 0.6 is 23.2 Å². The fourth-order valence-electron chi connectivity index (χ4n) is 2.57. The molecule has 0 amide bonds. The molecule has 1 aliphatic rings. The van der Waals surface area contributed by atoms with E-state index in [0.29, 0.717) is 5.02 Å². The molecule has 2 unspecified atom stereocenters. The molecule has 1 aromatic carbocycles. The van der Waals surface area contributed by atoms with Crippen LogP contribution in [0.1, 0.15) is 23.0 Å². The van der Waals surface area contributed by atoms with Gasteiger partial charge in [0.1, 0.15) is 16.6 Å². The minimum absolute atomic E-state index is 0.106. The number of sulfone groups is 1. The van der Waals surface area contributed by atoms with Gasteiger partial charge in [-0.15, -0.1) is 0 Å². The molecular weight excluding hydrogens is 416 g/mol. The van der Waals surface area contributed by atoms with Crippen LogP contribution < -0.4 is 0 Å². The van der Waals surface area contributed by atoms with Gasteiger partial charge in [0, 0.05) is 11.1 Å². The Hall–Kier alpha value is -1.58. The number of carbonyl (C=O) groups excluding carboxylic acids is 1. The Bertz CT molecular complexity index is 956. The van der Waals surface area contributed by atoms with Gasteiger partial charge < -0.3 is 4.57 Å². The fourth-order valence-corrected chi connectivity index (χ4v) is 4.22. The summed E-state index contributed by atoms with van der Waals surface area (Å²) in [5, 5.41) is 0.0405. The molecule has 11 heteroatoms. The van der Waals surface area contributed by atoms with Crippen LogP contribution in [0.15, 0.2) is 35.5 Å². The van der Waals surface area contributed by atoms with E-state index >= 15 is 0 Å². The number of hydrogen-bond acceptors (Lipinski definition) is 4. The number of imidazole rings is 1. The van der Waals surface area contributed by atoms with E-state index in [9.17, 15) is 26.4 Å². The van der Waals surface area contributed by atoms with Crippen LogP contribution in [-0.2, 0) is 9.84 Å². The lowest BCUT2D eigenvalue weighted by atomic mass is 10.3. The fraction of sp³-hybridized carbons (Fsp3) is 0.333. The molecule has 140 valence electrons. The molecule has 1 saturated carbocycles. The van der Waals surface area contributed by atoms with Gasteiger partial charge in [0.25, 0.3) is 0 Å². The summed E-state index contributed by atoms with van der Waals surface area (Å²) >= 11 is 11.7. The third-order valence-corrected chi connectivity index (χ3v) is 6.28. The molecule has 5 nitrogen and oxygen atoms in total. The van der Waals surface area contributed by atoms with Crippen molar-refractivity contribution < 1.29 is 26.4 Å². The normalized spacial score (nSPS) is 20.2. The summed E-state index contributed by atoms with van der Waals surface area (Å²) < 4.78 is 63.7. The Morgan fingerprint density at radius 1 is 1.23 bits per heavy atom. The van der Waals surface area contributed by atoms with Crippen LogP contribution in [0.25, 0.3) is 0 Å². The van der Waals surface area contributed by atoms with Gasteiger partial charge in [0.15, 0.2) is 15.6 Å². The molecule has 0 saturated heterocycles. The molecule has 26 heavy (non-hydrogen) atoms. The molecule has 1 aromatic heterocycles. The smallest absolute Gasteiger partial charge is 0.317 e. The van der Waals surface area contributed by atoms with E-state index < -0.39 is 39.5 Å². The van der Waals surface area contributed by atoms with Gasteiger partial charge in [-0.2, -0.15) is 13.2 Å². The van der Waals surface area contributed by atoms with E-state index in [4.69, 9.17) is 23.2 Å². The number of hydrogen-bond donors (Lipinski definition) is 0. The third kappa shape index (κ3) is 3.74. The summed E-state index contributed by atoms with van der Waals surface area (Å²) in [5.41, 5.74) is -0.364. The van der Waals surface area contributed by atoms with Crippen LogP contribution in [0.5, 0.6) is 0 Å². The number of benzene rings is 1. The third-order valence-electron chi connectivity index (χ3n) is 4.03. The SMILES string of the molecule is O=C(CS(=O)(=O)c1ccc(Cl)cc1)c1ncn(C2CC2C(F)(F)F)c1Cl. The average Bonchev–Trinajstić information content (AvgIpc) is 3.24. The molecule has 0 bridgehead atoms. The summed E-state index contributed by atoms with van der Waals surface area (Å²) in [7, 11) is -3.97. The molecule has 0 aliphatic heterocycles. The highest BCUT2D eigenvalue weighted by Crippen LogP contribution is 2.54. The van der Waals surface area contributed by atoms with Gasteiger partial charge in [-0.05, 0) is 30.7 Å². The number of Topliss-reactive ketones (excluding diaryl/α,β-unsaturated/α-hetero) is 1. The van der Waals surface area contributed by atoms with Crippen LogP contribution in [-0.4, -0.2) is 35.7 Å². The van der Waals surface area contributed by atoms with Crippen molar-refractivity contribution in [2.75, 3.05) is 5.75 Å². The molecule has 3 rings (SSSR count). The first kappa shape index (κ1) is 19.2. The van der Waals surface area contributed by atoms with Crippen molar-refractivity contribution in [1.29, 1.82) is 0 Å². The van der Waals surface area contributed by atoms with Gasteiger partial charge >= 0.3 is 6.18 Å². The lowest BCUT2D eigenvalue weighted by Gasteiger charge is -2.07. The Morgan fingerprint density at radius 2 is 1.85 bits per heavy atom. The first-order valence-corrected chi connectivity index (χ1v) is 9.72. The Kier molecular flexibility index (Phi) is 4.83. The Morgan fingerprint density at radius 3 is 2.38 bits per heavy atom. The standard InChI is InChI=1S/C15H11Cl2F3N2O3S/c16-8-1-3-9(4-2-8)26(24,25)6-12(23)13-14(17)22(7-21-13)11-5-10(11)15(18,19)20/h1-4,7,10-11H,5-6H2. The summed E-state index contributed by atoms with van der Waals surface area (Å²) in [6.07, 6.45) is -3.49. The minimum Gasteiger partial charge on any atom is -0.317 e. The zero-order chi connectivity index (χ0) is 19.3. The second kappa shape index (κ2) is 6.54. The largest absolute Gasteiger partial charge is 0.393 e. The van der Waals surface area contributed by atoms with Gasteiger partial charge in [-0.3, -0.25) is 4.79 Å². The highest BCUT2D eigenvalue weighted by atomic mass is 35.5. The number of rotatable bonds is 5. The highest BCUT2D eigenvalue weighted by molar-refractivity contribution is 7.92. The minimum atomic E-state index is -4.36. The van der Waals surface area contributed by atoms with Crippen LogP contribution in [0.3, 0.4) is 0 Å². The van der Waals surface area contributed by atoms with E-state index in [2.05, 4.69) is 4.98 Å². The van der Waals surface area contributed by atoms with Crippen molar-refractivity contribution in [3.63, 3.8) is 0 Å². The van der Waals surface area contributed by atoms with Crippen LogP contribution in [0.2, 0.25) is 10.2 Å². The predicted octanol–water partition coefficient (Wildman–Crippen LogP) is 3.97. The lowest BCUT2D eigenvalue weighted by molar-refractivity contribution is -0.150. The first-order chi connectivity index (χ1) is 12.0. The maximum absolute atomic E-state index is 12.7. The maximum atomic E-state index is 12.7. The molecule has 2 aromatic rings. The predicted molar refractivity (Wildman–Crippen MR) is 88.3 cm³/mol. The van der Waals surface area contributed by atoms with Crippen molar-refractivity contribution in [3.05, 3.63) is 46.5 Å². The van der Waals surface area contributed by atoms with Gasteiger partial charge in [-0.1, -0.05) is 23.2 Å². The Balaban J connectivity index is 1.78. The van der Waals surface area contributed by atoms with Gasteiger partial charge in [0.05, 0.1) is 17.1 Å². The Labute approximate surface area is 156 Å². The van der Waals surface area contributed by atoms with Crippen LogP contribution in [0.4, 0.5) is 13.2 Å². The molecule has 1 aliphatic carbocycles. The van der Waals surface area contributed by atoms with Crippen molar-refractivity contribution in [1.82, 2.24) is 9.55 Å². The lowest BCUT2D eigenvalue weighted by Crippen LogP contribution is -2.17. The number of alkyl halides is 3. The van der Waals surface area contributed by atoms with Gasteiger partial charge in [0.2, 0.25) is 0 Å². The van der Waals surface area contributed by atoms with E-state index in [1.165, 1.54) is 24.3 Å². The highest BCUT2D eigenvalue weighted by Gasteiger charge is 2.57. The number of ketones is 1. The molecule has 0 radical (unpaired) electrons. The summed E-state index contributed by atoms with van der Waals surface area (Å²) in [6.45, 7) is 0. The molecule has 0 N–H and O–H groups in total. The zero-order valence-corrected chi connectivity index (χ0v) is 15.2. The summed E-state index contributed by atoms with van der Waals surface area (Å²) in [6, 6.07) is 4.31. The van der Waals surface area contributed by atoms with E-state index in [1.807, 2.05) is 0 Å². The van der Waals surface area contributed by atoms with Gasteiger partial charge in [-0.25, -0.2) is 13.4 Å². The van der Waals surface area contributed by atoms with E-state index in [1.54, 1.807) is 0 Å². The summed E-state index contributed by atoms with van der Waals surface area (Å²) in [4.78, 5) is 15.9. The number of carbonyl (C=O) groups is 1. The zero-order valence-electron chi connectivity index (χ0n) is 12.9. The second-order valence-electron chi connectivity index (χ2n) is 5.88. The van der Waals surface area contributed by atoms with E-state index in [0.717, 1.165) is 10.9 Å². The van der Waals surface area contributed by atoms with Crippen molar-refractivity contribution in [3.8, 4) is 0 Å². The number of halogens is 5. The maximum Gasteiger partial charge on any atom is 0.393 e. The molecule has 1 heterocycles. The van der Waals surface area contributed by atoms with Crippen molar-refractivity contribution in [2.24, 2.45) is 5.92 Å². The quantitative estimate of drug-likeness (QED) is 0.678. The van der Waals surface area contributed by atoms with Crippen molar-refractivity contribution >= 4 is 38.8 Å². The number of aromatic nitrogens is 2. The first-order valence-electron chi connectivity index (χ1n) is 7.31. The van der Waals surface area contributed by atoms with E-state index in [-0.39, 0.29) is 22.2 Å². The van der Waals surface area contributed by atoms with Crippen molar-refractivity contribution in [2.45, 2.75) is 23.5 Å². The number of nitrogens with zero attached hydrogens (tertiary/aromatic N) is 2. The topological polar surface area (TPSA) is 69.0 Å². The average molecular weight is 427 g/mol. The monoisotopic (exact) mass is 426 g/mol. The molecule has 1 fully saturated rings. The second-order valence-corrected chi connectivity index (χ2v) is 8.66.